The van der Waals surface area contributed by atoms with Crippen LogP contribution in [0.15, 0.2) is 21.1 Å². The minimum absolute atomic E-state index is 0. The van der Waals surface area contributed by atoms with Gasteiger partial charge in [-0.25, -0.2) is 0 Å². The summed E-state index contributed by atoms with van der Waals surface area (Å²) in [6, 6.07) is 2.34. The SMILES string of the molecule is CNC(C)Cc1noc(C2CCCN2C(=O)c2ccc([N+](=O)[O-])o2)n1.Cl. The Bertz CT molecular complexity index is 776. The van der Waals surface area contributed by atoms with E-state index in [0.29, 0.717) is 31.1 Å². The summed E-state index contributed by atoms with van der Waals surface area (Å²) in [6.07, 6.45) is 2.09. The van der Waals surface area contributed by atoms with Crippen LogP contribution in [0.5, 0.6) is 0 Å². The summed E-state index contributed by atoms with van der Waals surface area (Å²) in [6.45, 7) is 2.51. The van der Waals surface area contributed by atoms with Gasteiger partial charge in [-0.15, -0.1) is 12.4 Å². The Morgan fingerprint density at radius 3 is 2.96 bits per heavy atom. The first-order chi connectivity index (χ1) is 12.0. The van der Waals surface area contributed by atoms with Gasteiger partial charge in [0.05, 0.1) is 6.07 Å². The number of hydrogen-bond donors (Lipinski definition) is 1. The predicted molar refractivity (Wildman–Crippen MR) is 92.1 cm³/mol. The van der Waals surface area contributed by atoms with Gasteiger partial charge < -0.3 is 19.2 Å². The second-order valence-corrected chi connectivity index (χ2v) is 5.99. The van der Waals surface area contributed by atoms with Crippen molar-refractivity contribution >= 4 is 24.2 Å². The molecule has 1 amide bonds. The summed E-state index contributed by atoms with van der Waals surface area (Å²) < 4.78 is 10.3. The van der Waals surface area contributed by atoms with Crippen molar-refractivity contribution in [1.82, 2.24) is 20.4 Å². The van der Waals surface area contributed by atoms with Crippen molar-refractivity contribution in [1.29, 1.82) is 0 Å². The van der Waals surface area contributed by atoms with E-state index in [1.54, 1.807) is 4.90 Å². The van der Waals surface area contributed by atoms with Crippen LogP contribution in [0.3, 0.4) is 0 Å². The molecule has 1 N–H and O–H groups in total. The highest BCUT2D eigenvalue weighted by atomic mass is 35.5. The summed E-state index contributed by atoms with van der Waals surface area (Å²) >= 11 is 0. The molecule has 3 rings (SSSR count). The minimum Gasteiger partial charge on any atom is -0.395 e. The van der Waals surface area contributed by atoms with E-state index in [-0.39, 0.29) is 30.3 Å². The van der Waals surface area contributed by atoms with Crippen LogP contribution in [-0.4, -0.2) is 45.5 Å². The van der Waals surface area contributed by atoms with Crippen LogP contribution in [0.1, 0.15) is 48.1 Å². The molecule has 2 atom stereocenters. The fourth-order valence-corrected chi connectivity index (χ4v) is 2.81. The Balaban J connectivity index is 0.00000243. The molecule has 1 fully saturated rings. The van der Waals surface area contributed by atoms with Crippen molar-refractivity contribution in [2.75, 3.05) is 13.6 Å². The van der Waals surface area contributed by atoms with Gasteiger partial charge in [0, 0.05) is 19.0 Å². The van der Waals surface area contributed by atoms with Gasteiger partial charge in [0.15, 0.2) is 11.6 Å². The molecule has 26 heavy (non-hydrogen) atoms. The second kappa shape index (κ2) is 8.28. The smallest absolute Gasteiger partial charge is 0.395 e. The zero-order chi connectivity index (χ0) is 18.0. The molecule has 1 aliphatic heterocycles. The second-order valence-electron chi connectivity index (χ2n) is 5.99. The van der Waals surface area contributed by atoms with Crippen LogP contribution in [0.25, 0.3) is 0 Å². The number of nitro groups is 1. The maximum atomic E-state index is 12.6. The highest BCUT2D eigenvalue weighted by molar-refractivity contribution is 5.92. The molecule has 11 heteroatoms. The number of halogens is 1. The number of carbonyl (C=O) groups excluding carboxylic acids is 1. The first-order valence-electron chi connectivity index (χ1n) is 8.04. The maximum absolute atomic E-state index is 12.6. The van der Waals surface area contributed by atoms with Crippen molar-refractivity contribution in [3.8, 4) is 0 Å². The molecule has 0 bridgehead atoms. The van der Waals surface area contributed by atoms with Crippen molar-refractivity contribution < 1.29 is 18.7 Å². The highest BCUT2D eigenvalue weighted by Gasteiger charge is 2.36. The molecule has 0 aromatic carbocycles. The van der Waals surface area contributed by atoms with Gasteiger partial charge in [-0.3, -0.25) is 14.9 Å². The van der Waals surface area contributed by atoms with Crippen LogP contribution in [-0.2, 0) is 6.42 Å². The van der Waals surface area contributed by atoms with Crippen molar-refractivity contribution in [3.05, 3.63) is 39.7 Å². The number of aromatic nitrogens is 2. The number of furan rings is 1. The first-order valence-corrected chi connectivity index (χ1v) is 8.04. The average Bonchev–Trinajstić information content (AvgIpc) is 3.33. The minimum atomic E-state index is -0.675. The topological polar surface area (TPSA) is 128 Å². The summed E-state index contributed by atoms with van der Waals surface area (Å²) in [5.74, 6) is 0.0105. The molecule has 0 saturated carbocycles. The third-order valence-corrected chi connectivity index (χ3v) is 4.25. The van der Waals surface area contributed by atoms with E-state index < -0.39 is 16.7 Å². The maximum Gasteiger partial charge on any atom is 0.433 e. The number of likely N-dealkylation sites (N-methyl/N-ethyl adjacent to an activating group) is 1. The van der Waals surface area contributed by atoms with Gasteiger partial charge in [0.1, 0.15) is 11.0 Å². The molecule has 0 aliphatic carbocycles. The van der Waals surface area contributed by atoms with Crippen LogP contribution in [0, 0.1) is 10.1 Å². The van der Waals surface area contributed by atoms with E-state index in [0.717, 1.165) is 6.42 Å². The third kappa shape index (κ3) is 4.02. The number of amides is 1. The van der Waals surface area contributed by atoms with Crippen LogP contribution in [0.4, 0.5) is 5.88 Å². The zero-order valence-electron chi connectivity index (χ0n) is 14.4. The third-order valence-electron chi connectivity index (χ3n) is 4.25. The Hall–Kier alpha value is -2.46. The van der Waals surface area contributed by atoms with Gasteiger partial charge in [0.2, 0.25) is 5.89 Å². The average molecular weight is 386 g/mol. The molecule has 1 saturated heterocycles. The Morgan fingerprint density at radius 2 is 2.31 bits per heavy atom. The molecule has 2 aromatic rings. The van der Waals surface area contributed by atoms with Crippen LogP contribution in [0.2, 0.25) is 0 Å². The van der Waals surface area contributed by atoms with Gasteiger partial charge in [-0.05, 0) is 32.9 Å². The molecule has 0 spiro atoms. The first kappa shape index (κ1) is 19.9. The largest absolute Gasteiger partial charge is 0.433 e. The zero-order valence-corrected chi connectivity index (χ0v) is 15.2. The number of carbonyl (C=O) groups is 1. The normalized spacial score (nSPS) is 17.8. The van der Waals surface area contributed by atoms with Crippen molar-refractivity contribution in [2.45, 2.75) is 38.3 Å². The molecule has 3 heterocycles. The monoisotopic (exact) mass is 385 g/mol. The summed E-state index contributed by atoms with van der Waals surface area (Å²) in [7, 11) is 1.85. The van der Waals surface area contributed by atoms with Crippen molar-refractivity contribution in [3.63, 3.8) is 0 Å². The highest BCUT2D eigenvalue weighted by Crippen LogP contribution is 2.33. The summed E-state index contributed by atoms with van der Waals surface area (Å²) in [5, 5.41) is 17.8. The van der Waals surface area contributed by atoms with E-state index in [4.69, 9.17) is 8.94 Å². The van der Waals surface area contributed by atoms with Gasteiger partial charge in [0.25, 0.3) is 5.91 Å². The summed E-state index contributed by atoms with van der Waals surface area (Å²) in [5.41, 5.74) is 0. The lowest BCUT2D eigenvalue weighted by atomic mass is 10.2. The van der Waals surface area contributed by atoms with E-state index in [1.807, 2.05) is 14.0 Å². The Labute approximate surface area is 155 Å². The number of nitrogens with one attached hydrogen (secondary N) is 1. The van der Waals surface area contributed by atoms with Crippen molar-refractivity contribution in [2.24, 2.45) is 0 Å². The lowest BCUT2D eigenvalue weighted by Crippen LogP contribution is -2.30. The molecule has 10 nitrogen and oxygen atoms in total. The Kier molecular flexibility index (Phi) is 6.32. The lowest BCUT2D eigenvalue weighted by Gasteiger charge is -2.20. The van der Waals surface area contributed by atoms with Crippen LogP contribution < -0.4 is 5.32 Å². The molecule has 2 unspecified atom stereocenters. The van der Waals surface area contributed by atoms with E-state index in [9.17, 15) is 14.9 Å². The van der Waals surface area contributed by atoms with Gasteiger partial charge in [-0.1, -0.05) is 5.16 Å². The van der Waals surface area contributed by atoms with E-state index in [2.05, 4.69) is 15.5 Å². The number of nitrogens with zero attached hydrogens (tertiary/aromatic N) is 4. The Morgan fingerprint density at radius 1 is 1.54 bits per heavy atom. The number of hydrogen-bond acceptors (Lipinski definition) is 8. The molecule has 2 aromatic heterocycles. The molecule has 142 valence electrons. The number of likely N-dealkylation sites (tertiary alicyclic amines) is 1. The molecule has 1 aliphatic rings. The van der Waals surface area contributed by atoms with Gasteiger partial charge >= 0.3 is 5.88 Å². The van der Waals surface area contributed by atoms with Crippen LogP contribution >= 0.6 is 12.4 Å². The standard InChI is InChI=1S/C15H19N5O5.ClH/c1-9(16-2)8-12-17-14(25-18-12)10-4-3-7-19(10)15(21)11-5-6-13(24-11)20(22)23;/h5-6,9-10,16H,3-4,7-8H2,1-2H3;1H. The lowest BCUT2D eigenvalue weighted by molar-refractivity contribution is -0.402. The van der Waals surface area contributed by atoms with E-state index in [1.165, 1.54) is 12.1 Å². The fraction of sp³-hybridized carbons (Fsp3) is 0.533. The quantitative estimate of drug-likeness (QED) is 0.591. The van der Waals surface area contributed by atoms with E-state index >= 15 is 0 Å². The van der Waals surface area contributed by atoms with Gasteiger partial charge in [-0.2, -0.15) is 4.98 Å². The molecular weight excluding hydrogens is 366 g/mol. The number of rotatable bonds is 6. The molecular formula is C15H20ClN5O5. The molecule has 0 radical (unpaired) electrons. The summed E-state index contributed by atoms with van der Waals surface area (Å²) in [4.78, 5) is 28.6. The fourth-order valence-electron chi connectivity index (χ4n) is 2.81. The predicted octanol–water partition coefficient (Wildman–Crippen LogP) is 2.12.